The number of carbonyl (C=O) groups excluding carboxylic acids is 2. The molecule has 1 aliphatic rings. The van der Waals surface area contributed by atoms with Gasteiger partial charge in [-0.05, 0) is 6.42 Å². The van der Waals surface area contributed by atoms with Crippen LogP contribution in [0.15, 0.2) is 0 Å². The number of likely N-dealkylation sites (tertiary alicyclic amines) is 1. The first-order chi connectivity index (χ1) is 6.58. The molecule has 0 aromatic rings. The Morgan fingerprint density at radius 1 is 1.57 bits per heavy atom. The first kappa shape index (κ1) is 10.9. The fourth-order valence-corrected chi connectivity index (χ4v) is 1.47. The second-order valence-corrected chi connectivity index (χ2v) is 3.41. The van der Waals surface area contributed by atoms with Crippen molar-refractivity contribution in [2.75, 3.05) is 19.6 Å². The lowest BCUT2D eigenvalue weighted by Crippen LogP contribution is -2.37. The molecule has 0 saturated carbocycles. The molecule has 4 N–H and O–H groups in total. The largest absolute Gasteiger partial charge is 0.392 e. The lowest BCUT2D eigenvalue weighted by molar-refractivity contribution is -0.120. The molecule has 1 fully saturated rings. The van der Waals surface area contributed by atoms with Crippen LogP contribution in [-0.2, 0) is 4.79 Å². The van der Waals surface area contributed by atoms with E-state index < -0.39 is 6.03 Å². The number of carbonyl (C=O) groups is 2. The van der Waals surface area contributed by atoms with Crippen LogP contribution in [-0.4, -0.2) is 47.7 Å². The summed E-state index contributed by atoms with van der Waals surface area (Å²) in [7, 11) is 0. The monoisotopic (exact) mass is 201 g/mol. The van der Waals surface area contributed by atoms with E-state index in [-0.39, 0.29) is 18.4 Å². The number of primary amides is 1. The van der Waals surface area contributed by atoms with E-state index in [2.05, 4.69) is 0 Å². The van der Waals surface area contributed by atoms with Crippen molar-refractivity contribution in [3.8, 4) is 0 Å². The predicted molar refractivity (Wildman–Crippen MR) is 49.4 cm³/mol. The highest BCUT2D eigenvalue weighted by atomic mass is 16.3. The lowest BCUT2D eigenvalue weighted by Gasteiger charge is -2.13. The Hall–Kier alpha value is -1.14. The number of β-amino-alcohol motifs (C(OH)–C–C–N with tert-alkyl or cyclic N) is 1. The summed E-state index contributed by atoms with van der Waals surface area (Å²) in [5, 5.41) is 11.2. The van der Waals surface area contributed by atoms with Gasteiger partial charge in [-0.3, -0.25) is 10.1 Å². The Morgan fingerprint density at radius 3 is 2.79 bits per heavy atom. The fourth-order valence-electron chi connectivity index (χ4n) is 1.47. The van der Waals surface area contributed by atoms with Gasteiger partial charge < -0.3 is 15.7 Å². The number of urea groups is 1. The van der Waals surface area contributed by atoms with E-state index >= 15 is 0 Å². The maximum absolute atomic E-state index is 11.0. The number of nitrogens with two attached hydrogens (primary N) is 1. The van der Waals surface area contributed by atoms with E-state index in [0.29, 0.717) is 13.1 Å². The summed E-state index contributed by atoms with van der Waals surface area (Å²) in [6.07, 6.45) is 0.696. The third kappa shape index (κ3) is 3.71. The van der Waals surface area contributed by atoms with Crippen molar-refractivity contribution in [2.45, 2.75) is 18.9 Å². The molecule has 3 amide bonds. The standard InChI is InChI=1S/C8H15N3O3/c9-8(14)10-7(13)2-4-11-3-1-6(12)5-11/h6,12H,1-5H2,(H3,9,10,13,14)/t6-/m1/s1. The molecule has 0 aliphatic carbocycles. The van der Waals surface area contributed by atoms with Crippen LogP contribution in [0.3, 0.4) is 0 Å². The van der Waals surface area contributed by atoms with Crippen LogP contribution in [0, 0.1) is 0 Å². The van der Waals surface area contributed by atoms with Crippen LogP contribution >= 0.6 is 0 Å². The number of hydrogen-bond donors (Lipinski definition) is 3. The van der Waals surface area contributed by atoms with E-state index in [0.717, 1.165) is 13.0 Å². The fraction of sp³-hybridized carbons (Fsp3) is 0.750. The predicted octanol–water partition coefficient (Wildman–Crippen LogP) is -1.36. The van der Waals surface area contributed by atoms with E-state index in [9.17, 15) is 14.7 Å². The maximum Gasteiger partial charge on any atom is 0.318 e. The molecular formula is C8H15N3O3. The smallest absolute Gasteiger partial charge is 0.318 e. The molecule has 0 bridgehead atoms. The summed E-state index contributed by atoms with van der Waals surface area (Å²) < 4.78 is 0. The van der Waals surface area contributed by atoms with Gasteiger partial charge in [0.05, 0.1) is 6.10 Å². The molecule has 0 aromatic heterocycles. The quantitative estimate of drug-likeness (QED) is 0.525. The van der Waals surface area contributed by atoms with Gasteiger partial charge in [-0.2, -0.15) is 0 Å². The molecule has 0 unspecified atom stereocenters. The van der Waals surface area contributed by atoms with Crippen LogP contribution in [0.25, 0.3) is 0 Å². The molecule has 6 heteroatoms. The Labute approximate surface area is 82.1 Å². The van der Waals surface area contributed by atoms with Crippen molar-refractivity contribution in [1.29, 1.82) is 0 Å². The van der Waals surface area contributed by atoms with Crippen molar-refractivity contribution in [1.82, 2.24) is 10.2 Å². The highest BCUT2D eigenvalue weighted by Gasteiger charge is 2.20. The molecule has 1 saturated heterocycles. The molecule has 0 aromatic carbocycles. The Morgan fingerprint density at radius 2 is 2.29 bits per heavy atom. The zero-order valence-corrected chi connectivity index (χ0v) is 7.90. The lowest BCUT2D eigenvalue weighted by atomic mass is 10.3. The minimum absolute atomic E-state index is 0.232. The number of rotatable bonds is 3. The average Bonchev–Trinajstić information content (AvgIpc) is 2.47. The van der Waals surface area contributed by atoms with Crippen molar-refractivity contribution >= 4 is 11.9 Å². The topological polar surface area (TPSA) is 95.7 Å². The molecule has 6 nitrogen and oxygen atoms in total. The summed E-state index contributed by atoms with van der Waals surface area (Å²) in [6.45, 7) is 1.95. The van der Waals surface area contributed by atoms with Crippen molar-refractivity contribution in [3.63, 3.8) is 0 Å². The SMILES string of the molecule is NC(=O)NC(=O)CCN1CC[C@@H](O)C1. The summed E-state index contributed by atoms with van der Waals surface area (Å²) >= 11 is 0. The van der Waals surface area contributed by atoms with Gasteiger partial charge in [-0.1, -0.05) is 0 Å². The second kappa shape index (κ2) is 4.92. The molecule has 1 aliphatic heterocycles. The number of amides is 3. The average molecular weight is 201 g/mol. The third-order valence-corrected chi connectivity index (χ3v) is 2.17. The van der Waals surface area contributed by atoms with Gasteiger partial charge in [0.25, 0.3) is 0 Å². The number of aliphatic hydroxyl groups is 1. The highest BCUT2D eigenvalue weighted by Crippen LogP contribution is 2.08. The number of nitrogens with zero attached hydrogens (tertiary/aromatic N) is 1. The maximum atomic E-state index is 11.0. The summed E-state index contributed by atoms with van der Waals surface area (Å²) in [5.74, 6) is -0.376. The Balaban J connectivity index is 2.14. The Kier molecular flexibility index (Phi) is 3.84. The summed E-state index contributed by atoms with van der Waals surface area (Å²) in [5.41, 5.74) is 4.77. The van der Waals surface area contributed by atoms with Crippen molar-refractivity contribution in [3.05, 3.63) is 0 Å². The van der Waals surface area contributed by atoms with E-state index in [1.807, 2.05) is 10.2 Å². The summed E-state index contributed by atoms with van der Waals surface area (Å²) in [4.78, 5) is 23.3. The summed E-state index contributed by atoms with van der Waals surface area (Å²) in [6, 6.07) is -0.823. The van der Waals surface area contributed by atoms with Gasteiger partial charge >= 0.3 is 6.03 Å². The highest BCUT2D eigenvalue weighted by molar-refractivity contribution is 5.93. The molecule has 1 heterocycles. The van der Waals surface area contributed by atoms with Crippen LogP contribution in [0.4, 0.5) is 4.79 Å². The third-order valence-electron chi connectivity index (χ3n) is 2.17. The first-order valence-corrected chi connectivity index (χ1v) is 4.57. The zero-order chi connectivity index (χ0) is 10.6. The van der Waals surface area contributed by atoms with E-state index in [4.69, 9.17) is 5.73 Å². The number of aliphatic hydroxyl groups excluding tert-OH is 1. The van der Waals surface area contributed by atoms with Crippen LogP contribution in [0.2, 0.25) is 0 Å². The van der Waals surface area contributed by atoms with Crippen LogP contribution < -0.4 is 11.1 Å². The molecule has 80 valence electrons. The zero-order valence-electron chi connectivity index (χ0n) is 7.90. The van der Waals surface area contributed by atoms with Gasteiger partial charge in [0.15, 0.2) is 0 Å². The molecule has 1 atom stereocenters. The van der Waals surface area contributed by atoms with Gasteiger partial charge in [0.1, 0.15) is 0 Å². The van der Waals surface area contributed by atoms with Crippen molar-refractivity contribution < 1.29 is 14.7 Å². The Bertz CT molecular complexity index is 232. The van der Waals surface area contributed by atoms with Gasteiger partial charge in [0, 0.05) is 26.1 Å². The van der Waals surface area contributed by atoms with Crippen LogP contribution in [0.1, 0.15) is 12.8 Å². The molecular weight excluding hydrogens is 186 g/mol. The minimum Gasteiger partial charge on any atom is -0.392 e. The number of nitrogens with one attached hydrogen (secondary N) is 1. The second-order valence-electron chi connectivity index (χ2n) is 3.41. The molecule has 0 radical (unpaired) electrons. The minimum atomic E-state index is -0.823. The van der Waals surface area contributed by atoms with Gasteiger partial charge in [-0.15, -0.1) is 0 Å². The molecule has 14 heavy (non-hydrogen) atoms. The molecule has 0 spiro atoms. The van der Waals surface area contributed by atoms with Gasteiger partial charge in [-0.25, -0.2) is 4.79 Å². The van der Waals surface area contributed by atoms with E-state index in [1.165, 1.54) is 0 Å². The van der Waals surface area contributed by atoms with Crippen molar-refractivity contribution in [2.24, 2.45) is 5.73 Å². The van der Waals surface area contributed by atoms with Gasteiger partial charge in [0.2, 0.25) is 5.91 Å². The molecule has 1 rings (SSSR count). The van der Waals surface area contributed by atoms with E-state index in [1.54, 1.807) is 0 Å². The number of hydrogen-bond acceptors (Lipinski definition) is 4. The first-order valence-electron chi connectivity index (χ1n) is 4.57. The number of imide groups is 1. The normalized spacial score (nSPS) is 22.2. The van der Waals surface area contributed by atoms with Crippen LogP contribution in [0.5, 0.6) is 0 Å².